The van der Waals surface area contributed by atoms with Crippen molar-refractivity contribution in [1.82, 2.24) is 4.98 Å². The highest BCUT2D eigenvalue weighted by molar-refractivity contribution is 5.19. The number of rotatable bonds is 4. The molecule has 2 N–H and O–H groups in total. The Hall–Kier alpha value is -1.30. The summed E-state index contributed by atoms with van der Waals surface area (Å²) in [4.78, 5) is 3.88. The van der Waals surface area contributed by atoms with E-state index in [9.17, 15) is 13.2 Å². The summed E-state index contributed by atoms with van der Waals surface area (Å²) in [5.41, 5.74) is 5.97. The van der Waals surface area contributed by atoms with Gasteiger partial charge in [-0.2, -0.15) is 13.2 Å². The molecule has 0 bridgehead atoms. The molecule has 0 radical (unpaired) electrons. The van der Waals surface area contributed by atoms with Crippen LogP contribution in [0.3, 0.4) is 0 Å². The average molecular weight is 220 g/mol. The van der Waals surface area contributed by atoms with Crippen molar-refractivity contribution in [3.05, 3.63) is 24.0 Å². The van der Waals surface area contributed by atoms with E-state index in [1.807, 2.05) is 0 Å². The summed E-state index contributed by atoms with van der Waals surface area (Å²) in [7, 11) is 0. The third kappa shape index (κ3) is 4.64. The van der Waals surface area contributed by atoms with Crippen molar-refractivity contribution in [3.8, 4) is 5.75 Å². The van der Waals surface area contributed by atoms with Gasteiger partial charge in [-0.25, -0.2) is 0 Å². The predicted octanol–water partition coefficient (Wildman–Crippen LogP) is 1.87. The molecular weight excluding hydrogens is 209 g/mol. The van der Waals surface area contributed by atoms with Crippen molar-refractivity contribution in [3.63, 3.8) is 0 Å². The molecule has 15 heavy (non-hydrogen) atoms. The standard InChI is InChI=1S/C9H11F3N2O/c10-9(11,12)3-4-15-8-2-1-7(5-13)14-6-8/h1-2,6H,3-5,13H2. The number of nitrogens with two attached hydrogens (primary N) is 1. The number of ether oxygens (including phenoxy) is 1. The molecule has 0 aliphatic rings. The summed E-state index contributed by atoms with van der Waals surface area (Å²) in [5, 5.41) is 0. The molecule has 3 nitrogen and oxygen atoms in total. The van der Waals surface area contributed by atoms with Gasteiger partial charge in [-0.15, -0.1) is 0 Å². The van der Waals surface area contributed by atoms with Crippen LogP contribution in [-0.4, -0.2) is 17.8 Å². The minimum absolute atomic E-state index is 0.294. The van der Waals surface area contributed by atoms with Gasteiger partial charge >= 0.3 is 6.18 Å². The van der Waals surface area contributed by atoms with E-state index in [4.69, 9.17) is 10.5 Å². The molecule has 0 aliphatic heterocycles. The number of halogens is 3. The number of pyridine rings is 1. The zero-order valence-corrected chi connectivity index (χ0v) is 7.92. The molecule has 0 aliphatic carbocycles. The number of alkyl halides is 3. The van der Waals surface area contributed by atoms with Crippen molar-refractivity contribution in [2.24, 2.45) is 5.73 Å². The van der Waals surface area contributed by atoms with Gasteiger partial charge in [-0.1, -0.05) is 0 Å². The molecule has 1 aromatic heterocycles. The molecule has 1 rings (SSSR count). The Morgan fingerprint density at radius 3 is 2.53 bits per heavy atom. The molecule has 1 heterocycles. The molecule has 0 saturated heterocycles. The molecule has 0 spiro atoms. The average Bonchev–Trinajstić information content (AvgIpc) is 2.17. The first-order valence-corrected chi connectivity index (χ1v) is 4.36. The molecule has 0 fully saturated rings. The second kappa shape index (κ2) is 4.97. The fourth-order valence-corrected chi connectivity index (χ4v) is 0.902. The van der Waals surface area contributed by atoms with Gasteiger partial charge in [0.1, 0.15) is 5.75 Å². The Balaban J connectivity index is 2.38. The number of hydrogen-bond acceptors (Lipinski definition) is 3. The Bertz CT molecular complexity index is 297. The Kier molecular flexibility index (Phi) is 3.90. The van der Waals surface area contributed by atoms with Gasteiger partial charge in [-0.3, -0.25) is 4.98 Å². The largest absolute Gasteiger partial charge is 0.492 e. The van der Waals surface area contributed by atoms with E-state index in [2.05, 4.69) is 4.98 Å². The predicted molar refractivity (Wildman–Crippen MR) is 48.3 cm³/mol. The Morgan fingerprint density at radius 2 is 2.07 bits per heavy atom. The number of nitrogens with zero attached hydrogens (tertiary/aromatic N) is 1. The molecule has 0 saturated carbocycles. The van der Waals surface area contributed by atoms with Crippen LogP contribution in [0.5, 0.6) is 5.75 Å². The van der Waals surface area contributed by atoms with E-state index >= 15 is 0 Å². The number of aromatic nitrogens is 1. The maximum Gasteiger partial charge on any atom is 0.392 e. The molecule has 0 aromatic carbocycles. The van der Waals surface area contributed by atoms with Crippen LogP contribution in [0.4, 0.5) is 13.2 Å². The first-order chi connectivity index (χ1) is 7.01. The van der Waals surface area contributed by atoms with Crippen LogP contribution < -0.4 is 10.5 Å². The summed E-state index contributed by atoms with van der Waals surface area (Å²) >= 11 is 0. The fraction of sp³-hybridized carbons (Fsp3) is 0.444. The van der Waals surface area contributed by atoms with Gasteiger partial charge in [-0.05, 0) is 12.1 Å². The quantitative estimate of drug-likeness (QED) is 0.842. The molecule has 0 atom stereocenters. The summed E-state index contributed by atoms with van der Waals surface area (Å²) in [6, 6.07) is 3.16. The van der Waals surface area contributed by atoms with Crippen LogP contribution in [0.15, 0.2) is 18.3 Å². The Labute approximate surface area is 85.1 Å². The summed E-state index contributed by atoms with van der Waals surface area (Å²) in [6.07, 6.45) is -3.80. The molecular formula is C9H11F3N2O. The lowest BCUT2D eigenvalue weighted by Gasteiger charge is -2.08. The summed E-state index contributed by atoms with van der Waals surface area (Å²) in [5.74, 6) is 0.316. The highest BCUT2D eigenvalue weighted by Gasteiger charge is 2.26. The van der Waals surface area contributed by atoms with Gasteiger partial charge in [0, 0.05) is 6.54 Å². The molecule has 1 aromatic rings. The lowest BCUT2D eigenvalue weighted by atomic mass is 10.3. The van der Waals surface area contributed by atoms with E-state index < -0.39 is 19.2 Å². The first kappa shape index (κ1) is 11.8. The maximum atomic E-state index is 11.8. The van der Waals surface area contributed by atoms with Crippen molar-refractivity contribution >= 4 is 0 Å². The first-order valence-electron chi connectivity index (χ1n) is 4.36. The maximum absolute atomic E-state index is 11.8. The lowest BCUT2D eigenvalue weighted by Crippen LogP contribution is -2.13. The summed E-state index contributed by atoms with van der Waals surface area (Å²) in [6.45, 7) is -0.101. The summed E-state index contributed by atoms with van der Waals surface area (Å²) < 4.78 is 40.2. The topological polar surface area (TPSA) is 48.1 Å². The van der Waals surface area contributed by atoms with E-state index in [0.29, 0.717) is 18.0 Å². The number of hydrogen-bond donors (Lipinski definition) is 1. The van der Waals surface area contributed by atoms with Crippen LogP contribution in [-0.2, 0) is 6.54 Å². The van der Waals surface area contributed by atoms with Crippen molar-refractivity contribution < 1.29 is 17.9 Å². The molecule has 0 amide bonds. The third-order valence-corrected chi connectivity index (χ3v) is 1.66. The Morgan fingerprint density at radius 1 is 1.33 bits per heavy atom. The van der Waals surface area contributed by atoms with Gasteiger partial charge in [0.25, 0.3) is 0 Å². The second-order valence-electron chi connectivity index (χ2n) is 2.90. The fourth-order valence-electron chi connectivity index (χ4n) is 0.902. The molecule has 84 valence electrons. The lowest BCUT2D eigenvalue weighted by molar-refractivity contribution is -0.139. The van der Waals surface area contributed by atoms with Gasteiger partial charge in [0.2, 0.25) is 0 Å². The van der Waals surface area contributed by atoms with Crippen LogP contribution in [0.25, 0.3) is 0 Å². The minimum atomic E-state index is -4.19. The van der Waals surface area contributed by atoms with Gasteiger partial charge in [0.05, 0.1) is 24.9 Å². The van der Waals surface area contributed by atoms with Crippen molar-refractivity contribution in [2.75, 3.05) is 6.61 Å². The van der Waals surface area contributed by atoms with Crippen molar-refractivity contribution in [1.29, 1.82) is 0 Å². The van der Waals surface area contributed by atoms with E-state index in [0.717, 1.165) is 0 Å². The van der Waals surface area contributed by atoms with Gasteiger partial charge in [0.15, 0.2) is 0 Å². The van der Waals surface area contributed by atoms with E-state index in [1.165, 1.54) is 6.20 Å². The van der Waals surface area contributed by atoms with Crippen molar-refractivity contribution in [2.45, 2.75) is 19.1 Å². The highest BCUT2D eigenvalue weighted by atomic mass is 19.4. The second-order valence-corrected chi connectivity index (χ2v) is 2.90. The smallest absolute Gasteiger partial charge is 0.392 e. The zero-order valence-electron chi connectivity index (χ0n) is 7.92. The molecule has 0 unspecified atom stereocenters. The van der Waals surface area contributed by atoms with Crippen LogP contribution >= 0.6 is 0 Å². The molecule has 6 heteroatoms. The SMILES string of the molecule is NCc1ccc(OCCC(F)(F)F)cn1. The monoisotopic (exact) mass is 220 g/mol. The van der Waals surface area contributed by atoms with Crippen LogP contribution in [0, 0.1) is 0 Å². The van der Waals surface area contributed by atoms with Crippen LogP contribution in [0.2, 0.25) is 0 Å². The van der Waals surface area contributed by atoms with E-state index in [1.54, 1.807) is 12.1 Å². The van der Waals surface area contributed by atoms with E-state index in [-0.39, 0.29) is 0 Å². The minimum Gasteiger partial charge on any atom is -0.492 e. The van der Waals surface area contributed by atoms with Crippen LogP contribution in [0.1, 0.15) is 12.1 Å². The highest BCUT2D eigenvalue weighted by Crippen LogP contribution is 2.20. The third-order valence-electron chi connectivity index (χ3n) is 1.66. The zero-order chi connectivity index (χ0) is 11.3. The van der Waals surface area contributed by atoms with Gasteiger partial charge < -0.3 is 10.5 Å². The normalized spacial score (nSPS) is 11.5.